The second kappa shape index (κ2) is 13.2. The van der Waals surface area contributed by atoms with Gasteiger partial charge in [0.15, 0.2) is 6.61 Å². The number of halogens is 2. The highest BCUT2D eigenvalue weighted by Crippen LogP contribution is 2.33. The summed E-state index contributed by atoms with van der Waals surface area (Å²) >= 11 is 3.59. The monoisotopic (exact) mass is 576 g/mol. The van der Waals surface area contributed by atoms with Crippen LogP contribution in [0.25, 0.3) is 10.8 Å². The third-order valence-electron chi connectivity index (χ3n) is 6.30. The van der Waals surface area contributed by atoms with Crippen molar-refractivity contribution in [2.45, 2.75) is 32.4 Å². The molecule has 4 aromatic carbocycles. The zero-order chi connectivity index (χ0) is 26.9. The Balaban J connectivity index is 1.64. The lowest BCUT2D eigenvalue weighted by atomic mass is 10.0. The molecule has 1 N–H and O–H groups in total. The number of rotatable bonds is 11. The Bertz CT molecular complexity index is 1400. The highest BCUT2D eigenvalue weighted by Gasteiger charge is 2.31. The lowest BCUT2D eigenvalue weighted by Crippen LogP contribution is -2.52. The highest BCUT2D eigenvalue weighted by atomic mass is 79.9. The van der Waals surface area contributed by atoms with Gasteiger partial charge in [-0.3, -0.25) is 9.59 Å². The first-order valence-corrected chi connectivity index (χ1v) is 13.4. The molecule has 0 spiro atoms. The number of hydrogen-bond acceptors (Lipinski definition) is 3. The van der Waals surface area contributed by atoms with E-state index >= 15 is 0 Å². The van der Waals surface area contributed by atoms with Gasteiger partial charge >= 0.3 is 0 Å². The van der Waals surface area contributed by atoms with Gasteiger partial charge < -0.3 is 15.0 Å². The summed E-state index contributed by atoms with van der Waals surface area (Å²) < 4.78 is 21.4. The molecule has 0 bridgehead atoms. The predicted molar refractivity (Wildman–Crippen MR) is 151 cm³/mol. The molecule has 0 aromatic heterocycles. The van der Waals surface area contributed by atoms with E-state index in [4.69, 9.17) is 4.74 Å². The lowest BCUT2D eigenvalue weighted by Gasteiger charge is -2.31. The van der Waals surface area contributed by atoms with E-state index in [0.29, 0.717) is 17.9 Å². The lowest BCUT2D eigenvalue weighted by molar-refractivity contribution is -0.142. The van der Waals surface area contributed by atoms with Crippen LogP contribution in [0.2, 0.25) is 0 Å². The molecule has 0 saturated heterocycles. The Morgan fingerprint density at radius 1 is 0.947 bits per heavy atom. The molecule has 1 atom stereocenters. The first-order valence-electron chi connectivity index (χ1n) is 12.6. The van der Waals surface area contributed by atoms with E-state index in [2.05, 4.69) is 21.2 Å². The summed E-state index contributed by atoms with van der Waals surface area (Å²) in [6.07, 6.45) is 1.04. The Hall–Kier alpha value is -3.71. The molecule has 38 heavy (non-hydrogen) atoms. The molecule has 7 heteroatoms. The van der Waals surface area contributed by atoms with Crippen molar-refractivity contribution in [1.29, 1.82) is 0 Å². The minimum absolute atomic E-state index is 0.0647. The first kappa shape index (κ1) is 27.3. The quantitative estimate of drug-likeness (QED) is 0.228. The number of fused-ring (bicyclic) bond motifs is 1. The molecule has 1 unspecified atom stereocenters. The number of hydrogen-bond donors (Lipinski definition) is 1. The molecule has 0 aliphatic rings. The summed E-state index contributed by atoms with van der Waals surface area (Å²) in [5.41, 5.74) is 1.22. The number of carbonyl (C=O) groups is 2. The van der Waals surface area contributed by atoms with Crippen molar-refractivity contribution in [3.63, 3.8) is 0 Å². The van der Waals surface area contributed by atoms with E-state index in [0.717, 1.165) is 27.2 Å². The van der Waals surface area contributed by atoms with Crippen molar-refractivity contribution >= 4 is 38.5 Å². The zero-order valence-electron chi connectivity index (χ0n) is 21.2. The van der Waals surface area contributed by atoms with E-state index in [9.17, 15) is 14.0 Å². The fourth-order valence-corrected chi connectivity index (χ4v) is 4.89. The second-order valence-corrected chi connectivity index (χ2v) is 9.79. The van der Waals surface area contributed by atoms with Crippen LogP contribution in [0.15, 0.2) is 95.5 Å². The van der Waals surface area contributed by atoms with Crippen molar-refractivity contribution in [1.82, 2.24) is 10.2 Å². The van der Waals surface area contributed by atoms with Crippen LogP contribution < -0.4 is 10.1 Å². The van der Waals surface area contributed by atoms with E-state index in [-0.39, 0.29) is 25.5 Å². The summed E-state index contributed by atoms with van der Waals surface area (Å²) in [5, 5.41) is 4.91. The van der Waals surface area contributed by atoms with Crippen molar-refractivity contribution in [2.75, 3.05) is 13.2 Å². The topological polar surface area (TPSA) is 58.6 Å². The molecular formula is C31H30BrFN2O3. The van der Waals surface area contributed by atoms with E-state index < -0.39 is 17.8 Å². The van der Waals surface area contributed by atoms with Gasteiger partial charge in [0.25, 0.3) is 5.91 Å². The fraction of sp³-hybridized carbons (Fsp3) is 0.226. The van der Waals surface area contributed by atoms with Gasteiger partial charge in [-0.25, -0.2) is 4.39 Å². The molecule has 0 heterocycles. The van der Waals surface area contributed by atoms with Gasteiger partial charge in [-0.1, -0.05) is 85.8 Å². The van der Waals surface area contributed by atoms with Crippen LogP contribution in [-0.2, 0) is 22.6 Å². The number of nitrogens with one attached hydrogen (secondary N) is 1. The maximum atomic E-state index is 14.7. The standard InChI is InChI=1S/C31H30BrFN2O3/c1-2-18-34-31(37)27(19-22-10-4-3-5-11-22)35(20-24-13-7-9-15-26(24)33)29(36)21-38-28-17-16-23-12-6-8-14-25(23)30(28)32/h3-17,27H,2,18-21H2,1H3,(H,34,37). The molecule has 0 aliphatic carbocycles. The third kappa shape index (κ3) is 6.78. The van der Waals surface area contributed by atoms with Gasteiger partial charge in [-0.05, 0) is 50.8 Å². The minimum atomic E-state index is -0.847. The van der Waals surface area contributed by atoms with Crippen LogP contribution in [0, 0.1) is 5.82 Å². The van der Waals surface area contributed by atoms with E-state index in [1.807, 2.05) is 67.6 Å². The summed E-state index contributed by atoms with van der Waals surface area (Å²) in [4.78, 5) is 28.5. The summed E-state index contributed by atoms with van der Waals surface area (Å²) in [7, 11) is 0. The summed E-state index contributed by atoms with van der Waals surface area (Å²) in [6, 6.07) is 26.5. The van der Waals surface area contributed by atoms with Crippen LogP contribution in [0.3, 0.4) is 0 Å². The average molecular weight is 577 g/mol. The molecule has 0 aliphatic heterocycles. The van der Waals surface area contributed by atoms with Crippen LogP contribution in [0.5, 0.6) is 5.75 Å². The largest absolute Gasteiger partial charge is 0.483 e. The molecule has 2 amide bonds. The molecule has 0 radical (unpaired) electrons. The highest BCUT2D eigenvalue weighted by molar-refractivity contribution is 9.10. The zero-order valence-corrected chi connectivity index (χ0v) is 22.8. The Labute approximate surface area is 230 Å². The smallest absolute Gasteiger partial charge is 0.261 e. The first-order chi connectivity index (χ1) is 18.5. The molecule has 196 valence electrons. The van der Waals surface area contributed by atoms with Gasteiger partial charge in [0.2, 0.25) is 5.91 Å². The SMILES string of the molecule is CCCNC(=O)C(Cc1ccccc1)N(Cc1ccccc1F)C(=O)COc1ccc2ccccc2c1Br. The molecular weight excluding hydrogens is 547 g/mol. The second-order valence-electron chi connectivity index (χ2n) is 9.00. The van der Waals surface area contributed by atoms with Crippen molar-refractivity contribution in [3.05, 3.63) is 112 Å². The summed E-state index contributed by atoms with van der Waals surface area (Å²) in [5.74, 6) is -0.623. The van der Waals surface area contributed by atoms with Crippen LogP contribution in [0.4, 0.5) is 4.39 Å². The molecule has 4 rings (SSSR count). The Morgan fingerprint density at radius 2 is 1.66 bits per heavy atom. The van der Waals surface area contributed by atoms with Crippen LogP contribution in [0.1, 0.15) is 24.5 Å². The maximum Gasteiger partial charge on any atom is 0.261 e. The predicted octanol–water partition coefficient (Wildman–Crippen LogP) is 6.29. The maximum absolute atomic E-state index is 14.7. The molecule has 5 nitrogen and oxygen atoms in total. The Kier molecular flexibility index (Phi) is 9.49. The van der Waals surface area contributed by atoms with E-state index in [1.165, 1.54) is 11.0 Å². The van der Waals surface area contributed by atoms with Gasteiger partial charge in [0.05, 0.1) is 4.47 Å². The van der Waals surface area contributed by atoms with Gasteiger partial charge in [0, 0.05) is 25.1 Å². The number of amides is 2. The Morgan fingerprint density at radius 3 is 2.42 bits per heavy atom. The van der Waals surface area contributed by atoms with Gasteiger partial charge in [-0.2, -0.15) is 0 Å². The van der Waals surface area contributed by atoms with Gasteiger partial charge in [-0.15, -0.1) is 0 Å². The number of carbonyl (C=O) groups excluding carboxylic acids is 2. The number of benzene rings is 4. The van der Waals surface area contributed by atoms with Crippen molar-refractivity contribution in [3.8, 4) is 5.75 Å². The average Bonchev–Trinajstić information content (AvgIpc) is 2.94. The van der Waals surface area contributed by atoms with Crippen LogP contribution in [-0.4, -0.2) is 35.9 Å². The fourth-order valence-electron chi connectivity index (χ4n) is 4.28. The minimum Gasteiger partial charge on any atom is -0.483 e. The third-order valence-corrected chi connectivity index (χ3v) is 7.12. The normalized spacial score (nSPS) is 11.7. The molecule has 0 fully saturated rings. The number of ether oxygens (including phenoxy) is 1. The van der Waals surface area contributed by atoms with Crippen LogP contribution >= 0.6 is 15.9 Å². The molecule has 4 aromatic rings. The molecule has 0 saturated carbocycles. The van der Waals surface area contributed by atoms with E-state index in [1.54, 1.807) is 24.3 Å². The van der Waals surface area contributed by atoms with Crippen molar-refractivity contribution in [2.24, 2.45) is 0 Å². The summed E-state index contributed by atoms with van der Waals surface area (Å²) in [6.45, 7) is 2.07. The van der Waals surface area contributed by atoms with Crippen molar-refractivity contribution < 1.29 is 18.7 Å². The van der Waals surface area contributed by atoms with Gasteiger partial charge in [0.1, 0.15) is 17.6 Å². The number of nitrogens with zero attached hydrogens (tertiary/aromatic N) is 1.